The summed E-state index contributed by atoms with van der Waals surface area (Å²) >= 11 is 7.30. The summed E-state index contributed by atoms with van der Waals surface area (Å²) < 4.78 is 53.8. The number of carbonyl (C=O) groups excluding carboxylic acids is 1. The average molecular weight is 513 g/mol. The molecule has 12 heteroatoms. The maximum Gasteiger partial charge on any atom is 0.397 e. The summed E-state index contributed by atoms with van der Waals surface area (Å²) in [7, 11) is 1.55. The minimum Gasteiger partial charge on any atom is -0.496 e. The van der Waals surface area contributed by atoms with Gasteiger partial charge in [-0.2, -0.15) is 13.2 Å². The lowest BCUT2D eigenvalue weighted by Crippen LogP contribution is -2.30. The van der Waals surface area contributed by atoms with Gasteiger partial charge >= 0.3 is 6.18 Å². The van der Waals surface area contributed by atoms with Crippen molar-refractivity contribution in [2.24, 2.45) is 5.41 Å². The number of hydrogen-bond acceptors (Lipinski definition) is 6. The van der Waals surface area contributed by atoms with Crippen molar-refractivity contribution in [2.75, 3.05) is 13.7 Å². The van der Waals surface area contributed by atoms with Crippen molar-refractivity contribution < 1.29 is 27.4 Å². The van der Waals surface area contributed by atoms with Crippen molar-refractivity contribution in [3.8, 4) is 17.4 Å². The van der Waals surface area contributed by atoms with Gasteiger partial charge in [-0.25, -0.2) is 9.67 Å². The summed E-state index contributed by atoms with van der Waals surface area (Å²) in [5.74, 6) is 0.493. The Hall–Kier alpha value is -2.92. The average Bonchev–Trinajstić information content (AvgIpc) is 3.46. The molecule has 0 saturated heterocycles. The summed E-state index contributed by atoms with van der Waals surface area (Å²) in [6, 6.07) is 10.0. The van der Waals surface area contributed by atoms with E-state index < -0.39 is 24.1 Å². The zero-order chi connectivity index (χ0) is 24.5. The number of hydrogen-bond donors (Lipinski definition) is 1. The molecule has 2 aromatic heterocycles. The van der Waals surface area contributed by atoms with Crippen LogP contribution in [0.15, 0.2) is 47.5 Å². The Morgan fingerprint density at radius 2 is 2.03 bits per heavy atom. The van der Waals surface area contributed by atoms with Gasteiger partial charge in [0.25, 0.3) is 5.91 Å². The normalized spacial score (nSPS) is 14.5. The van der Waals surface area contributed by atoms with Crippen LogP contribution in [0, 0.1) is 12.3 Å². The molecule has 7 nitrogen and oxygen atoms in total. The number of methoxy groups -OCH3 is 1. The Labute approximate surface area is 202 Å². The van der Waals surface area contributed by atoms with Crippen LogP contribution in [-0.4, -0.2) is 40.6 Å². The summed E-state index contributed by atoms with van der Waals surface area (Å²) in [5.41, 5.74) is -0.614. The molecule has 0 aliphatic heterocycles. The summed E-state index contributed by atoms with van der Waals surface area (Å²) in [5, 5.41) is 4.04. The molecular weight excluding hydrogens is 493 g/mol. The van der Waals surface area contributed by atoms with Crippen molar-refractivity contribution in [1.82, 2.24) is 19.5 Å². The molecule has 34 heavy (non-hydrogen) atoms. The first-order chi connectivity index (χ1) is 16.1. The third-order valence-electron chi connectivity index (χ3n) is 5.40. The van der Waals surface area contributed by atoms with Crippen LogP contribution in [-0.2, 0) is 0 Å². The van der Waals surface area contributed by atoms with Crippen molar-refractivity contribution in [1.29, 1.82) is 0 Å². The fourth-order valence-corrected chi connectivity index (χ4v) is 4.05. The molecule has 2 heterocycles. The fourth-order valence-electron chi connectivity index (χ4n) is 3.12. The van der Waals surface area contributed by atoms with E-state index in [4.69, 9.17) is 21.1 Å². The molecule has 1 saturated carbocycles. The van der Waals surface area contributed by atoms with E-state index in [0.29, 0.717) is 5.75 Å². The molecule has 0 radical (unpaired) electrons. The van der Waals surface area contributed by atoms with Gasteiger partial charge in [0.05, 0.1) is 17.6 Å². The van der Waals surface area contributed by atoms with Crippen LogP contribution < -0.4 is 14.2 Å². The first kappa shape index (κ1) is 24.2. The fraction of sp³-hybridized carbons (Fsp3) is 0.318. The number of alkyl halides is 3. The number of rotatable bonds is 8. The summed E-state index contributed by atoms with van der Waals surface area (Å²) in [6.07, 6.45) is -2.72. The second kappa shape index (κ2) is 9.38. The second-order valence-electron chi connectivity index (χ2n) is 7.86. The molecule has 1 fully saturated rings. The Morgan fingerprint density at radius 3 is 2.68 bits per heavy atom. The second-order valence-corrected chi connectivity index (χ2v) is 9.07. The van der Waals surface area contributed by atoms with Crippen molar-refractivity contribution in [2.45, 2.75) is 30.8 Å². The highest BCUT2D eigenvalue weighted by Gasteiger charge is 2.64. The van der Waals surface area contributed by atoms with E-state index in [-0.39, 0.29) is 35.3 Å². The number of nitrogens with zero attached hydrogens (tertiary/aromatic N) is 3. The number of amides is 1. The SMILES string of the molecule is COc1cc(C)ccc1SNC(=O)c1ccc(-n2ccc(OCC3(C(F)(F)F)CC3)n2)nc1Cl. The number of aryl methyl sites for hydroxylation is 1. The maximum atomic E-state index is 13.1. The molecule has 0 spiro atoms. The monoisotopic (exact) mass is 512 g/mol. The van der Waals surface area contributed by atoms with Gasteiger partial charge in [-0.05, 0) is 61.5 Å². The molecule has 180 valence electrons. The Balaban J connectivity index is 1.40. The predicted octanol–water partition coefficient (Wildman–Crippen LogP) is 5.40. The number of pyridine rings is 1. The van der Waals surface area contributed by atoms with Gasteiger partial charge in [0.15, 0.2) is 5.82 Å². The standard InChI is InChI=1S/C22H20ClF3N4O3S/c1-13-3-5-16(15(11-13)32-2)34-29-20(31)14-4-6-17(27-19(14)23)30-10-7-18(28-30)33-12-21(8-9-21)22(24,25)26/h3-7,10-11H,8-9,12H2,1-2H3,(H,29,31). The molecule has 0 bridgehead atoms. The number of benzene rings is 1. The molecular formula is C22H20ClF3N4O3S. The predicted molar refractivity (Wildman–Crippen MR) is 121 cm³/mol. The molecule has 1 aromatic carbocycles. The third-order valence-corrected chi connectivity index (χ3v) is 6.53. The topological polar surface area (TPSA) is 78.3 Å². The summed E-state index contributed by atoms with van der Waals surface area (Å²) in [4.78, 5) is 17.5. The lowest BCUT2D eigenvalue weighted by atomic mass is 10.1. The first-order valence-corrected chi connectivity index (χ1v) is 11.4. The Kier molecular flexibility index (Phi) is 6.68. The quantitative estimate of drug-likeness (QED) is 0.322. The van der Waals surface area contributed by atoms with Gasteiger partial charge in [-0.1, -0.05) is 17.7 Å². The van der Waals surface area contributed by atoms with E-state index in [2.05, 4.69) is 14.8 Å². The zero-order valence-electron chi connectivity index (χ0n) is 18.1. The Morgan fingerprint density at radius 1 is 1.26 bits per heavy atom. The van der Waals surface area contributed by atoms with Gasteiger partial charge < -0.3 is 9.47 Å². The van der Waals surface area contributed by atoms with Crippen molar-refractivity contribution >= 4 is 29.5 Å². The maximum absolute atomic E-state index is 13.1. The van der Waals surface area contributed by atoms with E-state index in [1.165, 1.54) is 29.1 Å². The lowest BCUT2D eigenvalue weighted by molar-refractivity contribution is -0.194. The molecule has 1 amide bonds. The van der Waals surface area contributed by atoms with Gasteiger partial charge in [-0.15, -0.1) is 5.10 Å². The van der Waals surface area contributed by atoms with Gasteiger partial charge in [0.1, 0.15) is 22.9 Å². The molecule has 3 aromatic rings. The lowest BCUT2D eigenvalue weighted by Gasteiger charge is -2.18. The minimum absolute atomic E-state index is 0.0405. The number of ether oxygens (including phenoxy) is 2. The van der Waals surface area contributed by atoms with Crippen LogP contribution >= 0.6 is 23.5 Å². The molecule has 4 rings (SSSR count). The van der Waals surface area contributed by atoms with E-state index in [1.54, 1.807) is 7.11 Å². The van der Waals surface area contributed by atoms with Crippen LogP contribution in [0.5, 0.6) is 11.6 Å². The van der Waals surface area contributed by atoms with Gasteiger partial charge in [0.2, 0.25) is 5.88 Å². The minimum atomic E-state index is -4.30. The highest BCUT2D eigenvalue weighted by molar-refractivity contribution is 7.98. The molecule has 1 aliphatic carbocycles. The highest BCUT2D eigenvalue weighted by Crippen LogP contribution is 2.57. The van der Waals surface area contributed by atoms with Gasteiger partial charge in [0, 0.05) is 12.3 Å². The largest absolute Gasteiger partial charge is 0.496 e. The zero-order valence-corrected chi connectivity index (χ0v) is 19.7. The van der Waals surface area contributed by atoms with Crippen molar-refractivity contribution in [3.05, 3.63) is 58.9 Å². The third kappa shape index (κ3) is 5.10. The van der Waals surface area contributed by atoms with E-state index in [1.807, 2.05) is 25.1 Å². The number of carbonyl (C=O) groups is 1. The highest BCUT2D eigenvalue weighted by atomic mass is 35.5. The van der Waals surface area contributed by atoms with Crippen LogP contribution in [0.25, 0.3) is 5.82 Å². The van der Waals surface area contributed by atoms with Crippen LogP contribution in [0.1, 0.15) is 28.8 Å². The van der Waals surface area contributed by atoms with Crippen LogP contribution in [0.4, 0.5) is 13.2 Å². The number of nitrogens with one attached hydrogen (secondary N) is 1. The van der Waals surface area contributed by atoms with Gasteiger partial charge in [-0.3, -0.25) is 9.52 Å². The number of aromatic nitrogens is 3. The molecule has 0 atom stereocenters. The first-order valence-electron chi connectivity index (χ1n) is 10.2. The number of halogens is 4. The molecule has 1 aliphatic rings. The summed E-state index contributed by atoms with van der Waals surface area (Å²) in [6.45, 7) is 1.45. The van der Waals surface area contributed by atoms with E-state index in [0.717, 1.165) is 22.4 Å². The van der Waals surface area contributed by atoms with Crippen molar-refractivity contribution in [3.63, 3.8) is 0 Å². The molecule has 0 unspecified atom stereocenters. The van der Waals surface area contributed by atoms with E-state index >= 15 is 0 Å². The van der Waals surface area contributed by atoms with Crippen LogP contribution in [0.3, 0.4) is 0 Å². The molecule has 1 N–H and O–H groups in total. The Bertz CT molecular complexity index is 1210. The van der Waals surface area contributed by atoms with Crippen LogP contribution in [0.2, 0.25) is 5.15 Å². The van der Waals surface area contributed by atoms with E-state index in [9.17, 15) is 18.0 Å². The smallest absolute Gasteiger partial charge is 0.397 e.